The zero-order chi connectivity index (χ0) is 23.1. The molecule has 33 heavy (non-hydrogen) atoms. The molecule has 2 aliphatic heterocycles. The van der Waals surface area contributed by atoms with Gasteiger partial charge in [0.25, 0.3) is 0 Å². The van der Waals surface area contributed by atoms with E-state index in [0.717, 1.165) is 48.3 Å². The Bertz CT molecular complexity index is 1230. The van der Waals surface area contributed by atoms with Gasteiger partial charge in [-0.3, -0.25) is 14.4 Å². The fourth-order valence-corrected chi connectivity index (χ4v) is 4.55. The van der Waals surface area contributed by atoms with E-state index in [0.29, 0.717) is 23.7 Å². The van der Waals surface area contributed by atoms with Crippen molar-refractivity contribution in [1.29, 1.82) is 0 Å². The summed E-state index contributed by atoms with van der Waals surface area (Å²) in [4.78, 5) is 32.4. The summed E-state index contributed by atoms with van der Waals surface area (Å²) in [6.45, 7) is 3.49. The van der Waals surface area contributed by atoms with Crippen LogP contribution in [0.1, 0.15) is 5.56 Å². The first kappa shape index (κ1) is 21.0. The van der Waals surface area contributed by atoms with Gasteiger partial charge in [0, 0.05) is 74.7 Å². The molecule has 0 aliphatic carbocycles. The van der Waals surface area contributed by atoms with Crippen LogP contribution in [0.2, 0.25) is 0 Å². The minimum absolute atomic E-state index is 0.370. The molecule has 1 saturated heterocycles. The lowest BCUT2D eigenvalue weighted by Crippen LogP contribution is -2.43. The minimum atomic E-state index is -1.14. The predicted molar refractivity (Wildman–Crippen MR) is 122 cm³/mol. The first-order valence-corrected chi connectivity index (χ1v) is 10.7. The van der Waals surface area contributed by atoms with Crippen molar-refractivity contribution >= 4 is 40.0 Å². The molecule has 0 bridgehead atoms. The van der Waals surface area contributed by atoms with Crippen LogP contribution in [-0.2, 0) is 27.8 Å². The fraction of sp³-hybridized carbons (Fsp3) is 0.364. The van der Waals surface area contributed by atoms with Crippen molar-refractivity contribution < 1.29 is 19.1 Å². The summed E-state index contributed by atoms with van der Waals surface area (Å²) in [5.41, 5.74) is 8.60. The number of piperazine rings is 1. The van der Waals surface area contributed by atoms with Gasteiger partial charge in [-0.1, -0.05) is 0 Å². The summed E-state index contributed by atoms with van der Waals surface area (Å²) in [7, 11) is 3.42. The SMILES string of the molecule is COc1cc(N2c3nccc(N4CCNCC4)c3CC2OC(=O)C(N)=O)cc2cn(C)nc12. The molecule has 1 atom stereocenters. The van der Waals surface area contributed by atoms with Gasteiger partial charge in [0.05, 0.1) is 12.8 Å². The maximum Gasteiger partial charge on any atom is 0.398 e. The lowest BCUT2D eigenvalue weighted by atomic mass is 10.1. The lowest BCUT2D eigenvalue weighted by Gasteiger charge is -2.31. The molecule has 5 rings (SSSR count). The second-order valence-corrected chi connectivity index (χ2v) is 8.06. The number of rotatable bonds is 4. The van der Waals surface area contributed by atoms with Crippen LogP contribution in [0.4, 0.5) is 17.2 Å². The highest BCUT2D eigenvalue weighted by atomic mass is 16.6. The number of nitrogens with one attached hydrogen (secondary N) is 1. The second kappa shape index (κ2) is 8.24. The van der Waals surface area contributed by atoms with Crippen molar-refractivity contribution in [2.75, 3.05) is 43.1 Å². The summed E-state index contributed by atoms with van der Waals surface area (Å²) in [5.74, 6) is -0.981. The van der Waals surface area contributed by atoms with Gasteiger partial charge < -0.3 is 25.4 Å². The molecule has 2 aliphatic rings. The number of nitrogens with two attached hydrogens (primary N) is 1. The van der Waals surface area contributed by atoms with E-state index in [1.165, 1.54) is 0 Å². The zero-order valence-electron chi connectivity index (χ0n) is 18.4. The predicted octanol–water partition coefficient (Wildman–Crippen LogP) is 0.435. The van der Waals surface area contributed by atoms with Crippen molar-refractivity contribution in [2.45, 2.75) is 12.6 Å². The Hall–Kier alpha value is -3.86. The Labute approximate surface area is 190 Å². The number of benzene rings is 1. The lowest BCUT2D eigenvalue weighted by molar-refractivity contribution is -0.157. The molecule has 172 valence electrons. The van der Waals surface area contributed by atoms with Gasteiger partial charge in [0.15, 0.2) is 6.23 Å². The van der Waals surface area contributed by atoms with Gasteiger partial charge in [0.1, 0.15) is 17.1 Å². The van der Waals surface area contributed by atoms with Crippen LogP contribution in [0.15, 0.2) is 30.6 Å². The van der Waals surface area contributed by atoms with Gasteiger partial charge in [-0.2, -0.15) is 5.10 Å². The number of amides is 1. The maximum atomic E-state index is 12.2. The number of aromatic nitrogens is 3. The van der Waals surface area contributed by atoms with Gasteiger partial charge in [-0.25, -0.2) is 9.78 Å². The van der Waals surface area contributed by atoms with Crippen molar-refractivity contribution in [3.05, 3.63) is 36.2 Å². The summed E-state index contributed by atoms with van der Waals surface area (Å²) in [6, 6.07) is 5.74. The van der Waals surface area contributed by atoms with E-state index in [2.05, 4.69) is 20.3 Å². The van der Waals surface area contributed by atoms with Crippen LogP contribution in [0.25, 0.3) is 10.9 Å². The number of nitrogens with zero attached hydrogens (tertiary/aromatic N) is 5. The summed E-state index contributed by atoms with van der Waals surface area (Å²) >= 11 is 0. The number of anilines is 3. The van der Waals surface area contributed by atoms with Crippen LogP contribution >= 0.6 is 0 Å². The van der Waals surface area contributed by atoms with Gasteiger partial charge in [-0.05, 0) is 12.1 Å². The molecule has 11 heteroatoms. The van der Waals surface area contributed by atoms with E-state index in [1.54, 1.807) is 18.0 Å². The van der Waals surface area contributed by atoms with Crippen LogP contribution in [-0.4, -0.2) is 66.2 Å². The smallest absolute Gasteiger partial charge is 0.398 e. The third-order valence-corrected chi connectivity index (χ3v) is 5.98. The fourth-order valence-electron chi connectivity index (χ4n) is 4.55. The molecule has 0 saturated carbocycles. The third-order valence-electron chi connectivity index (χ3n) is 5.98. The highest BCUT2D eigenvalue weighted by molar-refractivity contribution is 6.31. The van der Waals surface area contributed by atoms with Crippen LogP contribution in [0.3, 0.4) is 0 Å². The minimum Gasteiger partial charge on any atom is -0.494 e. The molecular formula is C22H25N7O4. The Morgan fingerprint density at radius 3 is 2.76 bits per heavy atom. The Morgan fingerprint density at radius 1 is 1.24 bits per heavy atom. The monoisotopic (exact) mass is 451 g/mol. The molecule has 0 spiro atoms. The van der Waals surface area contributed by atoms with Crippen molar-refractivity contribution in [2.24, 2.45) is 12.8 Å². The first-order valence-electron chi connectivity index (χ1n) is 10.7. The third kappa shape index (κ3) is 3.69. The second-order valence-electron chi connectivity index (χ2n) is 8.06. The first-order chi connectivity index (χ1) is 16.0. The molecule has 0 radical (unpaired) electrons. The normalized spacial score (nSPS) is 17.8. The molecule has 1 aromatic carbocycles. The number of pyridine rings is 1. The molecule has 1 amide bonds. The van der Waals surface area contributed by atoms with E-state index >= 15 is 0 Å². The number of primary amides is 1. The van der Waals surface area contributed by atoms with Crippen LogP contribution in [0, 0.1) is 0 Å². The number of methoxy groups -OCH3 is 1. The van der Waals surface area contributed by atoms with E-state index in [1.807, 2.05) is 36.3 Å². The van der Waals surface area contributed by atoms with Crippen molar-refractivity contribution in [1.82, 2.24) is 20.1 Å². The summed E-state index contributed by atoms with van der Waals surface area (Å²) in [6.07, 6.45) is 3.22. The molecule has 4 heterocycles. The Kier molecular flexibility index (Phi) is 5.25. The number of carbonyl (C=O) groups excluding carboxylic acids is 2. The average Bonchev–Trinajstić information content (AvgIpc) is 3.37. The molecule has 2 aromatic heterocycles. The van der Waals surface area contributed by atoms with Gasteiger partial charge >= 0.3 is 11.9 Å². The van der Waals surface area contributed by atoms with E-state index < -0.39 is 18.1 Å². The topological polar surface area (TPSA) is 128 Å². The van der Waals surface area contributed by atoms with Crippen LogP contribution in [0.5, 0.6) is 5.75 Å². The highest BCUT2D eigenvalue weighted by Gasteiger charge is 2.38. The van der Waals surface area contributed by atoms with E-state index in [-0.39, 0.29) is 0 Å². The average molecular weight is 451 g/mol. The molecule has 3 N–H and O–H groups in total. The number of fused-ring (bicyclic) bond motifs is 2. The number of hydrogen-bond donors (Lipinski definition) is 2. The largest absolute Gasteiger partial charge is 0.494 e. The molecule has 3 aromatic rings. The number of ether oxygens (including phenoxy) is 2. The standard InChI is InChI=1S/C22H25N7O4/c1-27-12-13-9-14(10-17(32-2)19(13)26-27)29-18(33-22(31)20(23)30)11-15-16(3-4-25-21(15)29)28-7-5-24-6-8-28/h3-4,9-10,12,18,24H,5-8,11H2,1-2H3,(H2,23,30). The van der Waals surface area contributed by atoms with E-state index in [9.17, 15) is 9.59 Å². The van der Waals surface area contributed by atoms with Gasteiger partial charge in [-0.15, -0.1) is 0 Å². The molecule has 11 nitrogen and oxygen atoms in total. The molecule has 1 fully saturated rings. The maximum absolute atomic E-state index is 12.2. The number of aryl methyl sites for hydroxylation is 1. The van der Waals surface area contributed by atoms with Crippen LogP contribution < -0.4 is 25.6 Å². The van der Waals surface area contributed by atoms with Crippen molar-refractivity contribution in [3.63, 3.8) is 0 Å². The van der Waals surface area contributed by atoms with Crippen molar-refractivity contribution in [3.8, 4) is 5.75 Å². The highest BCUT2D eigenvalue weighted by Crippen LogP contribution is 2.44. The number of esters is 1. The Morgan fingerprint density at radius 2 is 2.03 bits per heavy atom. The van der Waals surface area contributed by atoms with Gasteiger partial charge in [0.2, 0.25) is 0 Å². The van der Waals surface area contributed by atoms with E-state index in [4.69, 9.17) is 15.2 Å². The number of carbonyl (C=O) groups is 2. The molecule has 1 unspecified atom stereocenters. The Balaban J connectivity index is 1.63. The summed E-state index contributed by atoms with van der Waals surface area (Å²) < 4.78 is 12.8. The molecular weight excluding hydrogens is 426 g/mol. The number of hydrogen-bond acceptors (Lipinski definition) is 9. The summed E-state index contributed by atoms with van der Waals surface area (Å²) in [5, 5.41) is 8.68. The zero-order valence-corrected chi connectivity index (χ0v) is 18.4. The quantitative estimate of drug-likeness (QED) is 0.429.